The molecule has 32 heavy (non-hydrogen) atoms. The maximum absolute atomic E-state index is 13.2. The molecule has 2 heterocycles. The van der Waals surface area contributed by atoms with Crippen LogP contribution in [0.25, 0.3) is 0 Å². The fraction of sp³-hybridized carbons (Fsp3) is 0.304. The van der Waals surface area contributed by atoms with Gasteiger partial charge in [0.25, 0.3) is 11.8 Å². The van der Waals surface area contributed by atoms with Gasteiger partial charge in [-0.2, -0.15) is 5.10 Å². The first-order chi connectivity index (χ1) is 15.4. The highest BCUT2D eigenvalue weighted by molar-refractivity contribution is 6.09. The van der Waals surface area contributed by atoms with Crippen molar-refractivity contribution in [3.63, 3.8) is 0 Å². The SMILES string of the molecule is COc1ccc(C2(C)NC(=O)N(CC(=O)N3CCC(c4ccccc4)=N3)C2=O)cc1OC. The minimum atomic E-state index is -1.33. The van der Waals surface area contributed by atoms with Gasteiger partial charge in [0.1, 0.15) is 12.1 Å². The molecule has 9 nitrogen and oxygen atoms in total. The lowest BCUT2D eigenvalue weighted by atomic mass is 9.91. The summed E-state index contributed by atoms with van der Waals surface area (Å²) in [7, 11) is 3.00. The molecule has 2 aromatic rings. The summed E-state index contributed by atoms with van der Waals surface area (Å²) >= 11 is 0. The molecule has 4 amide bonds. The van der Waals surface area contributed by atoms with E-state index in [1.165, 1.54) is 19.2 Å². The number of amides is 4. The van der Waals surface area contributed by atoms with Crippen molar-refractivity contribution < 1.29 is 23.9 Å². The molecular formula is C23H24N4O5. The second-order valence-corrected chi connectivity index (χ2v) is 7.70. The van der Waals surface area contributed by atoms with E-state index in [0.717, 1.165) is 16.2 Å². The van der Waals surface area contributed by atoms with Crippen molar-refractivity contribution in [3.8, 4) is 11.5 Å². The first-order valence-corrected chi connectivity index (χ1v) is 10.2. The number of benzene rings is 2. The van der Waals surface area contributed by atoms with Gasteiger partial charge in [0.2, 0.25) is 0 Å². The lowest BCUT2D eigenvalue weighted by Gasteiger charge is -2.23. The van der Waals surface area contributed by atoms with Crippen LogP contribution in [0.1, 0.15) is 24.5 Å². The average Bonchev–Trinajstić information content (AvgIpc) is 3.39. The minimum absolute atomic E-state index is 0.390. The van der Waals surface area contributed by atoms with E-state index < -0.39 is 23.4 Å². The maximum atomic E-state index is 13.2. The quantitative estimate of drug-likeness (QED) is 0.699. The van der Waals surface area contributed by atoms with Crippen LogP contribution in [0.5, 0.6) is 11.5 Å². The zero-order valence-corrected chi connectivity index (χ0v) is 18.1. The van der Waals surface area contributed by atoms with E-state index >= 15 is 0 Å². The second-order valence-electron chi connectivity index (χ2n) is 7.70. The van der Waals surface area contributed by atoms with Gasteiger partial charge in [-0.3, -0.25) is 14.5 Å². The highest BCUT2D eigenvalue weighted by atomic mass is 16.5. The molecule has 166 valence electrons. The number of carbonyl (C=O) groups is 3. The predicted molar refractivity (Wildman–Crippen MR) is 116 cm³/mol. The molecule has 0 radical (unpaired) electrons. The van der Waals surface area contributed by atoms with Crippen LogP contribution in [0.2, 0.25) is 0 Å². The van der Waals surface area contributed by atoms with Gasteiger partial charge in [-0.15, -0.1) is 0 Å². The lowest BCUT2D eigenvalue weighted by molar-refractivity contribution is -0.138. The van der Waals surface area contributed by atoms with Crippen LogP contribution in [-0.2, 0) is 15.1 Å². The van der Waals surface area contributed by atoms with Gasteiger partial charge in [0, 0.05) is 6.42 Å². The van der Waals surface area contributed by atoms with Gasteiger partial charge in [0.05, 0.1) is 26.5 Å². The molecule has 0 aromatic heterocycles. The Morgan fingerprint density at radius 3 is 2.50 bits per heavy atom. The number of ether oxygens (including phenoxy) is 2. The van der Waals surface area contributed by atoms with Crippen LogP contribution < -0.4 is 14.8 Å². The Labute approximate surface area is 185 Å². The number of nitrogens with one attached hydrogen (secondary N) is 1. The molecule has 0 aliphatic carbocycles. The van der Waals surface area contributed by atoms with Gasteiger partial charge in [-0.25, -0.2) is 9.80 Å². The number of imide groups is 1. The first-order valence-electron chi connectivity index (χ1n) is 10.2. The molecule has 0 spiro atoms. The molecule has 1 N–H and O–H groups in total. The van der Waals surface area contributed by atoms with Crippen molar-refractivity contribution in [3.05, 3.63) is 59.7 Å². The van der Waals surface area contributed by atoms with E-state index in [-0.39, 0.29) is 6.54 Å². The molecule has 4 rings (SSSR count). The van der Waals surface area contributed by atoms with E-state index in [0.29, 0.717) is 30.0 Å². The topological polar surface area (TPSA) is 101 Å². The van der Waals surface area contributed by atoms with Crippen LogP contribution in [0.15, 0.2) is 53.6 Å². The number of urea groups is 1. The fourth-order valence-electron chi connectivity index (χ4n) is 3.87. The minimum Gasteiger partial charge on any atom is -0.493 e. The Kier molecular flexibility index (Phi) is 5.56. The number of carbonyl (C=O) groups excluding carboxylic acids is 3. The van der Waals surface area contributed by atoms with Crippen LogP contribution in [0.3, 0.4) is 0 Å². The number of hydrogen-bond donors (Lipinski definition) is 1. The maximum Gasteiger partial charge on any atom is 0.325 e. The van der Waals surface area contributed by atoms with Crippen LogP contribution in [0.4, 0.5) is 4.79 Å². The Morgan fingerprint density at radius 2 is 1.81 bits per heavy atom. The summed E-state index contributed by atoms with van der Waals surface area (Å²) in [5.74, 6) is -0.00191. The summed E-state index contributed by atoms with van der Waals surface area (Å²) in [6.45, 7) is 1.61. The van der Waals surface area contributed by atoms with E-state index in [9.17, 15) is 14.4 Å². The summed E-state index contributed by atoms with van der Waals surface area (Å²) in [5, 5.41) is 8.40. The molecule has 0 saturated carbocycles. The fourth-order valence-corrected chi connectivity index (χ4v) is 3.87. The number of hydrazone groups is 1. The van der Waals surface area contributed by atoms with E-state index in [2.05, 4.69) is 10.4 Å². The van der Waals surface area contributed by atoms with Gasteiger partial charge in [0.15, 0.2) is 11.5 Å². The number of hydrogen-bond acceptors (Lipinski definition) is 6. The van der Waals surface area contributed by atoms with Crippen LogP contribution in [0, 0.1) is 0 Å². The third-order valence-electron chi connectivity index (χ3n) is 5.73. The molecule has 1 unspecified atom stereocenters. The molecule has 1 fully saturated rings. The molecule has 0 bridgehead atoms. The molecule has 1 saturated heterocycles. The van der Waals surface area contributed by atoms with Crippen molar-refractivity contribution in [1.82, 2.24) is 15.2 Å². The predicted octanol–water partition coefficient (Wildman–Crippen LogP) is 2.11. The molecule has 1 atom stereocenters. The van der Waals surface area contributed by atoms with Gasteiger partial charge < -0.3 is 14.8 Å². The van der Waals surface area contributed by atoms with Gasteiger partial charge in [-0.05, 0) is 30.2 Å². The zero-order valence-electron chi connectivity index (χ0n) is 18.1. The summed E-state index contributed by atoms with van der Waals surface area (Å²) in [5.41, 5.74) is 0.930. The smallest absolute Gasteiger partial charge is 0.325 e. The van der Waals surface area contributed by atoms with Gasteiger partial charge >= 0.3 is 6.03 Å². The molecule has 9 heteroatoms. The second kappa shape index (κ2) is 8.33. The highest BCUT2D eigenvalue weighted by Gasteiger charge is 2.50. The Bertz CT molecular complexity index is 1100. The average molecular weight is 436 g/mol. The molecule has 2 aromatic carbocycles. The number of nitrogens with zero attached hydrogens (tertiary/aromatic N) is 3. The summed E-state index contributed by atoms with van der Waals surface area (Å²) in [4.78, 5) is 39.5. The Balaban J connectivity index is 1.51. The first kappa shape index (κ1) is 21.4. The highest BCUT2D eigenvalue weighted by Crippen LogP contribution is 2.35. The van der Waals surface area contributed by atoms with Crippen molar-refractivity contribution in [2.24, 2.45) is 5.10 Å². The molecule has 2 aliphatic rings. The summed E-state index contributed by atoms with van der Waals surface area (Å²) in [6, 6.07) is 13.9. The molecular weight excluding hydrogens is 412 g/mol. The Morgan fingerprint density at radius 1 is 1.09 bits per heavy atom. The Hall–Kier alpha value is -3.88. The molecule has 2 aliphatic heterocycles. The van der Waals surface area contributed by atoms with E-state index in [1.807, 2.05) is 30.3 Å². The monoisotopic (exact) mass is 436 g/mol. The van der Waals surface area contributed by atoms with E-state index in [1.54, 1.807) is 25.1 Å². The standard InChI is InChI=1S/C23H24N4O5/c1-23(16-9-10-18(31-2)19(13-16)32-3)21(29)26(22(30)24-23)14-20(28)27-12-11-17(25-27)15-7-5-4-6-8-15/h4-10,13H,11-12,14H2,1-3H3,(H,24,30). The van der Waals surface area contributed by atoms with Crippen molar-refractivity contribution in [2.75, 3.05) is 27.3 Å². The third kappa shape index (κ3) is 3.66. The van der Waals surface area contributed by atoms with E-state index in [4.69, 9.17) is 9.47 Å². The third-order valence-corrected chi connectivity index (χ3v) is 5.73. The summed E-state index contributed by atoms with van der Waals surface area (Å²) in [6.07, 6.45) is 0.610. The lowest BCUT2D eigenvalue weighted by Crippen LogP contribution is -2.43. The number of methoxy groups -OCH3 is 2. The normalized spacial score (nSPS) is 20.3. The van der Waals surface area contributed by atoms with Crippen LogP contribution in [-0.4, -0.2) is 60.8 Å². The van der Waals surface area contributed by atoms with Gasteiger partial charge in [-0.1, -0.05) is 36.4 Å². The zero-order chi connectivity index (χ0) is 22.9. The van der Waals surface area contributed by atoms with Crippen molar-refractivity contribution in [2.45, 2.75) is 18.9 Å². The summed E-state index contributed by atoms with van der Waals surface area (Å²) < 4.78 is 10.5. The number of rotatable bonds is 6. The largest absolute Gasteiger partial charge is 0.493 e. The van der Waals surface area contributed by atoms with Crippen LogP contribution >= 0.6 is 0 Å². The van der Waals surface area contributed by atoms with Crippen molar-refractivity contribution >= 4 is 23.6 Å². The van der Waals surface area contributed by atoms with Crippen molar-refractivity contribution in [1.29, 1.82) is 0 Å².